The van der Waals surface area contributed by atoms with E-state index in [0.717, 1.165) is 12.5 Å². The highest BCUT2D eigenvalue weighted by Gasteiger charge is 2.38. The summed E-state index contributed by atoms with van der Waals surface area (Å²) in [7, 11) is 6.62. The number of nitrogens with two attached hydrogens (primary N) is 1. The molecule has 2 N–H and O–H groups in total. The fourth-order valence-corrected chi connectivity index (χ4v) is 3.82. The van der Waals surface area contributed by atoms with Gasteiger partial charge in [-0.3, -0.25) is 0 Å². The Kier molecular flexibility index (Phi) is 7.66. The monoisotopic (exact) mass is 297 g/mol. The average Bonchev–Trinajstić information content (AvgIpc) is 2.45. The smallest absolute Gasteiger partial charge is 0.0135 e. The summed E-state index contributed by atoms with van der Waals surface area (Å²) in [5, 5.41) is 0. The molecular weight excluding hydrogens is 258 g/mol. The first kappa shape index (κ1) is 18.9. The molecule has 1 aliphatic carbocycles. The minimum absolute atomic E-state index is 0.474. The molecule has 0 aliphatic heterocycles. The van der Waals surface area contributed by atoms with Gasteiger partial charge < -0.3 is 15.5 Å². The van der Waals surface area contributed by atoms with Crippen molar-refractivity contribution in [1.82, 2.24) is 9.80 Å². The second-order valence-electron chi connectivity index (χ2n) is 8.05. The Labute approximate surface area is 133 Å². The summed E-state index contributed by atoms with van der Waals surface area (Å²) in [4.78, 5) is 4.87. The lowest BCUT2D eigenvalue weighted by atomic mass is 9.65. The highest BCUT2D eigenvalue weighted by Crippen LogP contribution is 2.43. The van der Waals surface area contributed by atoms with Gasteiger partial charge in [0.1, 0.15) is 0 Å². The van der Waals surface area contributed by atoms with Gasteiger partial charge in [-0.1, -0.05) is 27.2 Å². The quantitative estimate of drug-likeness (QED) is 0.747. The van der Waals surface area contributed by atoms with Crippen LogP contribution in [-0.2, 0) is 0 Å². The van der Waals surface area contributed by atoms with Gasteiger partial charge in [0.2, 0.25) is 0 Å². The van der Waals surface area contributed by atoms with E-state index in [9.17, 15) is 0 Å². The zero-order valence-electron chi connectivity index (χ0n) is 15.4. The third kappa shape index (κ3) is 5.54. The van der Waals surface area contributed by atoms with Crippen molar-refractivity contribution < 1.29 is 0 Å². The third-order valence-corrected chi connectivity index (χ3v) is 5.96. The van der Waals surface area contributed by atoms with E-state index < -0.39 is 0 Å². The molecule has 0 radical (unpaired) electrons. The summed E-state index contributed by atoms with van der Waals surface area (Å²) in [6.07, 6.45) is 6.54. The summed E-state index contributed by atoms with van der Waals surface area (Å²) in [6.45, 7) is 10.5. The van der Waals surface area contributed by atoms with Gasteiger partial charge in [-0.15, -0.1) is 0 Å². The van der Waals surface area contributed by atoms with E-state index in [-0.39, 0.29) is 0 Å². The van der Waals surface area contributed by atoms with Gasteiger partial charge in [0.05, 0.1) is 0 Å². The second-order valence-corrected chi connectivity index (χ2v) is 8.05. The molecule has 1 aliphatic rings. The first-order valence-corrected chi connectivity index (χ1v) is 8.86. The van der Waals surface area contributed by atoms with Gasteiger partial charge in [0.25, 0.3) is 0 Å². The predicted octanol–water partition coefficient (Wildman–Crippen LogP) is 3.05. The normalized spacial score (nSPS) is 27.6. The van der Waals surface area contributed by atoms with Crippen molar-refractivity contribution in [2.24, 2.45) is 23.0 Å². The largest absolute Gasteiger partial charge is 0.330 e. The summed E-state index contributed by atoms with van der Waals surface area (Å²) >= 11 is 0. The highest BCUT2D eigenvalue weighted by molar-refractivity contribution is 4.91. The Morgan fingerprint density at radius 3 is 2.29 bits per heavy atom. The molecule has 0 heterocycles. The average molecular weight is 298 g/mol. The van der Waals surface area contributed by atoms with Crippen molar-refractivity contribution in [1.29, 1.82) is 0 Å². The van der Waals surface area contributed by atoms with E-state index in [0.29, 0.717) is 17.4 Å². The van der Waals surface area contributed by atoms with Crippen molar-refractivity contribution in [2.75, 3.05) is 40.8 Å². The van der Waals surface area contributed by atoms with E-state index >= 15 is 0 Å². The molecule has 0 aromatic rings. The molecule has 3 heteroatoms. The number of nitrogens with zero attached hydrogens (tertiary/aromatic N) is 2. The van der Waals surface area contributed by atoms with E-state index in [1.54, 1.807) is 0 Å². The van der Waals surface area contributed by atoms with Crippen LogP contribution in [0.1, 0.15) is 52.9 Å². The Hall–Kier alpha value is -0.120. The molecule has 0 spiro atoms. The van der Waals surface area contributed by atoms with Crippen LogP contribution in [0.5, 0.6) is 0 Å². The van der Waals surface area contributed by atoms with E-state index in [4.69, 9.17) is 5.73 Å². The maximum Gasteiger partial charge on any atom is 0.0135 e. The Balaban J connectivity index is 2.61. The van der Waals surface area contributed by atoms with Crippen LogP contribution in [0.25, 0.3) is 0 Å². The molecule has 1 saturated carbocycles. The fraction of sp³-hybridized carbons (Fsp3) is 1.00. The lowest BCUT2D eigenvalue weighted by molar-refractivity contribution is 0.0489. The van der Waals surface area contributed by atoms with Crippen LogP contribution in [-0.4, -0.2) is 56.6 Å². The Morgan fingerprint density at radius 2 is 1.76 bits per heavy atom. The van der Waals surface area contributed by atoms with Gasteiger partial charge in [0, 0.05) is 6.04 Å². The zero-order chi connectivity index (χ0) is 16.0. The Morgan fingerprint density at radius 1 is 1.10 bits per heavy atom. The van der Waals surface area contributed by atoms with Gasteiger partial charge in [-0.25, -0.2) is 0 Å². The summed E-state index contributed by atoms with van der Waals surface area (Å²) in [5.41, 5.74) is 6.53. The molecule has 0 aromatic carbocycles. The van der Waals surface area contributed by atoms with Gasteiger partial charge in [0.15, 0.2) is 0 Å². The van der Waals surface area contributed by atoms with E-state index in [1.165, 1.54) is 45.2 Å². The SMILES string of the molecule is CCC(C)(C)C1CCC(CN)C(N(C)CCCN(C)C)C1. The fourth-order valence-electron chi connectivity index (χ4n) is 3.82. The van der Waals surface area contributed by atoms with Gasteiger partial charge in [-0.05, 0) is 83.7 Å². The minimum Gasteiger partial charge on any atom is -0.330 e. The lowest BCUT2D eigenvalue weighted by Gasteiger charge is -2.46. The maximum atomic E-state index is 6.06. The summed E-state index contributed by atoms with van der Waals surface area (Å²) < 4.78 is 0. The topological polar surface area (TPSA) is 32.5 Å². The van der Waals surface area contributed by atoms with E-state index in [1.807, 2.05) is 0 Å². The first-order valence-electron chi connectivity index (χ1n) is 8.86. The zero-order valence-corrected chi connectivity index (χ0v) is 15.4. The Bertz CT molecular complexity index is 288. The highest BCUT2D eigenvalue weighted by atomic mass is 15.1. The van der Waals surface area contributed by atoms with Crippen LogP contribution in [0, 0.1) is 17.3 Å². The van der Waals surface area contributed by atoms with Crippen LogP contribution in [0.3, 0.4) is 0 Å². The third-order valence-electron chi connectivity index (χ3n) is 5.96. The van der Waals surface area contributed by atoms with Crippen LogP contribution in [0.4, 0.5) is 0 Å². The number of hydrogen-bond acceptors (Lipinski definition) is 3. The summed E-state index contributed by atoms with van der Waals surface area (Å²) in [6, 6.07) is 0.682. The molecule has 3 atom stereocenters. The van der Waals surface area contributed by atoms with Crippen LogP contribution >= 0.6 is 0 Å². The number of rotatable bonds is 8. The second kappa shape index (κ2) is 8.50. The minimum atomic E-state index is 0.474. The van der Waals surface area contributed by atoms with Crippen molar-refractivity contribution in [3.8, 4) is 0 Å². The molecule has 21 heavy (non-hydrogen) atoms. The standard InChI is InChI=1S/C18H39N3/c1-7-18(2,3)16-10-9-15(14-19)17(13-16)21(6)12-8-11-20(4)5/h15-17H,7-14,19H2,1-6H3. The lowest BCUT2D eigenvalue weighted by Crippen LogP contribution is -2.47. The van der Waals surface area contributed by atoms with Crippen LogP contribution in [0.2, 0.25) is 0 Å². The molecule has 3 unspecified atom stereocenters. The maximum absolute atomic E-state index is 6.06. The van der Waals surface area contributed by atoms with Gasteiger partial charge in [-0.2, -0.15) is 0 Å². The molecule has 0 amide bonds. The van der Waals surface area contributed by atoms with Crippen molar-refractivity contribution in [3.63, 3.8) is 0 Å². The van der Waals surface area contributed by atoms with Crippen molar-refractivity contribution in [3.05, 3.63) is 0 Å². The van der Waals surface area contributed by atoms with E-state index in [2.05, 4.69) is 51.7 Å². The molecule has 3 nitrogen and oxygen atoms in total. The molecule has 1 rings (SSSR count). The number of hydrogen-bond donors (Lipinski definition) is 1. The molecule has 0 saturated heterocycles. The van der Waals surface area contributed by atoms with Gasteiger partial charge >= 0.3 is 0 Å². The molecule has 0 bridgehead atoms. The summed E-state index contributed by atoms with van der Waals surface area (Å²) in [5.74, 6) is 1.55. The van der Waals surface area contributed by atoms with Crippen molar-refractivity contribution in [2.45, 2.75) is 58.9 Å². The molecular formula is C18H39N3. The van der Waals surface area contributed by atoms with Crippen LogP contribution < -0.4 is 5.73 Å². The molecule has 0 aromatic heterocycles. The van der Waals surface area contributed by atoms with Crippen LogP contribution in [0.15, 0.2) is 0 Å². The van der Waals surface area contributed by atoms with Crippen molar-refractivity contribution >= 4 is 0 Å². The molecule has 1 fully saturated rings. The predicted molar refractivity (Wildman–Crippen MR) is 93.5 cm³/mol. The first-order chi connectivity index (χ1) is 9.81. The molecule has 126 valence electrons.